The van der Waals surface area contributed by atoms with Crippen LogP contribution in [0.2, 0.25) is 0 Å². The van der Waals surface area contributed by atoms with Crippen molar-refractivity contribution in [2.24, 2.45) is 0 Å². The molecule has 8 nitrogen and oxygen atoms in total. The molecule has 0 fully saturated rings. The van der Waals surface area contributed by atoms with E-state index in [9.17, 15) is 14.0 Å². The lowest BCUT2D eigenvalue weighted by atomic mass is 10.0. The van der Waals surface area contributed by atoms with Gasteiger partial charge in [-0.15, -0.1) is 0 Å². The summed E-state index contributed by atoms with van der Waals surface area (Å²) < 4.78 is 26.2. The number of anilines is 1. The molecule has 2 heterocycles. The van der Waals surface area contributed by atoms with Gasteiger partial charge in [0.1, 0.15) is 22.6 Å². The van der Waals surface area contributed by atoms with E-state index in [2.05, 4.69) is 15.3 Å². The van der Waals surface area contributed by atoms with Crippen LogP contribution in [0.5, 0.6) is 5.88 Å². The van der Waals surface area contributed by atoms with Crippen LogP contribution in [-0.2, 0) is 4.74 Å². The SMILES string of the molecule is CCN1CC(C)(C)Oc2nc(SC)nc(-c3ccc(NC(=O)OC(C)(C)C)c(F)c3)c2C1=O. The molecule has 0 bridgehead atoms. The van der Waals surface area contributed by atoms with Crippen molar-refractivity contribution in [2.75, 3.05) is 24.7 Å². The largest absolute Gasteiger partial charge is 0.469 e. The zero-order valence-electron chi connectivity index (χ0n) is 19.9. The highest BCUT2D eigenvalue weighted by Gasteiger charge is 2.37. The third-order valence-corrected chi connectivity index (χ3v) is 5.29. The maximum absolute atomic E-state index is 14.9. The van der Waals surface area contributed by atoms with Crippen LogP contribution in [0.15, 0.2) is 23.4 Å². The first kappa shape index (κ1) is 24.8. The lowest BCUT2D eigenvalue weighted by Gasteiger charge is -2.28. The van der Waals surface area contributed by atoms with Crippen molar-refractivity contribution in [3.05, 3.63) is 29.6 Å². The Morgan fingerprint density at radius 2 is 2.03 bits per heavy atom. The van der Waals surface area contributed by atoms with E-state index in [0.29, 0.717) is 23.8 Å². The molecule has 1 aromatic heterocycles. The normalized spacial score (nSPS) is 15.4. The van der Waals surface area contributed by atoms with Crippen molar-refractivity contribution in [3.63, 3.8) is 0 Å². The summed E-state index contributed by atoms with van der Waals surface area (Å²) in [5.74, 6) is -0.796. The van der Waals surface area contributed by atoms with E-state index in [1.54, 1.807) is 31.7 Å². The third-order valence-electron chi connectivity index (χ3n) is 4.74. The van der Waals surface area contributed by atoms with Crippen LogP contribution >= 0.6 is 11.8 Å². The van der Waals surface area contributed by atoms with Gasteiger partial charge in [-0.2, -0.15) is 4.98 Å². The monoisotopic (exact) mass is 476 g/mol. The lowest BCUT2D eigenvalue weighted by Crippen LogP contribution is -2.42. The molecule has 2 aromatic rings. The first-order chi connectivity index (χ1) is 15.3. The molecule has 1 aliphatic heterocycles. The standard InChI is InChI=1S/C23H29FN4O4S/c1-8-28-12-23(5,6)31-18-16(19(28)29)17(26-20(27-18)33-7)13-9-10-15(14(24)11-13)25-21(30)32-22(2,3)4/h9-11H,8,12H2,1-7H3,(H,25,30). The Hall–Kier alpha value is -2.88. The molecule has 2 amide bonds. The average molecular weight is 477 g/mol. The predicted octanol–water partition coefficient (Wildman–Crippen LogP) is 4.98. The number of nitrogens with zero attached hydrogens (tertiary/aromatic N) is 3. The van der Waals surface area contributed by atoms with Crippen LogP contribution in [0, 0.1) is 5.82 Å². The number of carbonyl (C=O) groups is 2. The van der Waals surface area contributed by atoms with Crippen molar-refractivity contribution in [1.29, 1.82) is 0 Å². The van der Waals surface area contributed by atoms with E-state index in [1.807, 2.05) is 27.0 Å². The maximum atomic E-state index is 14.9. The van der Waals surface area contributed by atoms with Gasteiger partial charge in [0.2, 0.25) is 5.88 Å². The predicted molar refractivity (Wildman–Crippen MR) is 125 cm³/mol. The van der Waals surface area contributed by atoms with Gasteiger partial charge in [-0.3, -0.25) is 10.1 Å². The number of fused-ring (bicyclic) bond motifs is 1. The van der Waals surface area contributed by atoms with Crippen LogP contribution in [0.25, 0.3) is 11.3 Å². The molecule has 0 atom stereocenters. The maximum Gasteiger partial charge on any atom is 0.412 e. The van der Waals surface area contributed by atoms with E-state index in [-0.39, 0.29) is 28.7 Å². The molecule has 1 N–H and O–H groups in total. The topological polar surface area (TPSA) is 93.7 Å². The number of hydrogen-bond donors (Lipinski definition) is 1. The second kappa shape index (κ2) is 9.17. The van der Waals surface area contributed by atoms with Gasteiger partial charge in [0.25, 0.3) is 5.91 Å². The van der Waals surface area contributed by atoms with Gasteiger partial charge in [-0.05, 0) is 59.9 Å². The van der Waals surface area contributed by atoms with E-state index in [1.165, 1.54) is 23.9 Å². The zero-order valence-corrected chi connectivity index (χ0v) is 20.7. The summed E-state index contributed by atoms with van der Waals surface area (Å²) in [6.07, 6.45) is 1.04. The highest BCUT2D eigenvalue weighted by molar-refractivity contribution is 7.98. The minimum absolute atomic E-state index is 0.0443. The number of nitrogens with one attached hydrogen (secondary N) is 1. The van der Waals surface area contributed by atoms with Crippen LogP contribution < -0.4 is 10.1 Å². The first-order valence-electron chi connectivity index (χ1n) is 10.6. The molecule has 178 valence electrons. The first-order valence-corrected chi connectivity index (χ1v) is 11.8. The van der Waals surface area contributed by atoms with Gasteiger partial charge in [0, 0.05) is 12.1 Å². The molecule has 1 aliphatic rings. The Bertz CT molecular complexity index is 1080. The summed E-state index contributed by atoms with van der Waals surface area (Å²) in [6, 6.07) is 4.21. The van der Waals surface area contributed by atoms with Crippen LogP contribution in [-0.4, -0.2) is 57.4 Å². The number of thioether (sulfide) groups is 1. The lowest BCUT2D eigenvalue weighted by molar-refractivity contribution is 0.0539. The van der Waals surface area contributed by atoms with E-state index < -0.39 is 23.1 Å². The summed E-state index contributed by atoms with van der Waals surface area (Å²) in [4.78, 5) is 36.0. The van der Waals surface area contributed by atoms with Gasteiger partial charge in [-0.25, -0.2) is 14.2 Å². The van der Waals surface area contributed by atoms with Crippen molar-refractivity contribution < 1.29 is 23.5 Å². The van der Waals surface area contributed by atoms with Crippen LogP contribution in [0.3, 0.4) is 0 Å². The van der Waals surface area contributed by atoms with Crippen molar-refractivity contribution in [2.45, 2.75) is 57.9 Å². The molecule has 3 rings (SSSR count). The van der Waals surface area contributed by atoms with E-state index in [4.69, 9.17) is 9.47 Å². The second-order valence-corrected chi connectivity index (χ2v) is 10.0. The molecule has 10 heteroatoms. The number of halogens is 1. The fraction of sp³-hybridized carbons (Fsp3) is 0.478. The third kappa shape index (κ3) is 5.73. The summed E-state index contributed by atoms with van der Waals surface area (Å²) in [7, 11) is 0. The number of rotatable bonds is 4. The number of ether oxygens (including phenoxy) is 2. The fourth-order valence-corrected chi connectivity index (χ4v) is 3.76. The fourth-order valence-electron chi connectivity index (χ4n) is 3.40. The van der Waals surface area contributed by atoms with Gasteiger partial charge in [-0.1, -0.05) is 17.8 Å². The van der Waals surface area contributed by atoms with Gasteiger partial charge in [0.15, 0.2) is 5.16 Å². The van der Waals surface area contributed by atoms with Crippen molar-refractivity contribution >= 4 is 29.4 Å². The molecule has 0 spiro atoms. The van der Waals surface area contributed by atoms with Crippen molar-refractivity contribution in [1.82, 2.24) is 14.9 Å². The number of amides is 2. The Kier molecular flexibility index (Phi) is 6.88. The number of carbonyl (C=O) groups excluding carboxylic acids is 2. The molecule has 33 heavy (non-hydrogen) atoms. The van der Waals surface area contributed by atoms with Crippen LogP contribution in [0.4, 0.5) is 14.9 Å². The average Bonchev–Trinajstić information content (AvgIpc) is 2.80. The Morgan fingerprint density at radius 1 is 1.33 bits per heavy atom. The highest BCUT2D eigenvalue weighted by Crippen LogP contribution is 2.36. The van der Waals surface area contributed by atoms with Crippen molar-refractivity contribution in [3.8, 4) is 17.1 Å². The number of likely N-dealkylation sites (N-methyl/N-ethyl adjacent to an activating group) is 1. The number of aromatic nitrogens is 2. The molecular weight excluding hydrogens is 447 g/mol. The molecule has 0 saturated carbocycles. The van der Waals surface area contributed by atoms with Gasteiger partial charge in [0.05, 0.1) is 17.9 Å². The Labute approximate surface area is 197 Å². The smallest absolute Gasteiger partial charge is 0.412 e. The highest BCUT2D eigenvalue weighted by atomic mass is 32.2. The van der Waals surface area contributed by atoms with Gasteiger partial charge >= 0.3 is 6.09 Å². The molecule has 1 aromatic carbocycles. The Balaban J connectivity index is 2.07. The minimum atomic E-state index is -0.765. The minimum Gasteiger partial charge on any atom is -0.469 e. The quantitative estimate of drug-likeness (QED) is 0.491. The van der Waals surface area contributed by atoms with E-state index >= 15 is 0 Å². The second-order valence-electron chi connectivity index (χ2n) is 9.24. The summed E-state index contributed by atoms with van der Waals surface area (Å²) in [5, 5.41) is 2.80. The number of benzene rings is 1. The molecular formula is C23H29FN4O4S. The van der Waals surface area contributed by atoms with Crippen LogP contribution in [0.1, 0.15) is 51.9 Å². The Morgan fingerprint density at radius 3 is 2.61 bits per heavy atom. The molecule has 0 radical (unpaired) electrons. The summed E-state index contributed by atoms with van der Waals surface area (Å²) in [6.45, 7) is 11.7. The molecule has 0 aliphatic carbocycles. The van der Waals surface area contributed by atoms with Gasteiger partial charge < -0.3 is 14.4 Å². The van der Waals surface area contributed by atoms with E-state index in [0.717, 1.165) is 0 Å². The number of hydrogen-bond acceptors (Lipinski definition) is 7. The summed E-state index contributed by atoms with van der Waals surface area (Å²) in [5.41, 5.74) is -0.598. The zero-order chi connectivity index (χ0) is 24.6. The molecule has 0 unspecified atom stereocenters. The molecule has 0 saturated heterocycles. The summed E-state index contributed by atoms with van der Waals surface area (Å²) >= 11 is 1.29.